The first-order valence-corrected chi connectivity index (χ1v) is 10.9. The summed E-state index contributed by atoms with van der Waals surface area (Å²) in [5.74, 6) is 1.87. The molecule has 0 bridgehead atoms. The summed E-state index contributed by atoms with van der Waals surface area (Å²) < 4.78 is 8.62. The third kappa shape index (κ3) is 4.43. The smallest absolute Gasteiger partial charge is 0.196 e. The molecule has 1 aliphatic rings. The van der Waals surface area contributed by atoms with Crippen molar-refractivity contribution in [2.45, 2.75) is 5.16 Å². The van der Waals surface area contributed by atoms with E-state index in [0.717, 1.165) is 65.3 Å². The fourth-order valence-corrected chi connectivity index (χ4v) is 4.64. The third-order valence-corrected chi connectivity index (χ3v) is 6.27. The Kier molecular flexibility index (Phi) is 6.24. The Morgan fingerprint density at radius 1 is 1.00 bits per heavy atom. The van der Waals surface area contributed by atoms with E-state index in [4.69, 9.17) is 4.74 Å². The van der Waals surface area contributed by atoms with Crippen LogP contribution in [0.25, 0.3) is 17.1 Å². The first-order valence-electron chi connectivity index (χ1n) is 9.13. The second-order valence-corrected chi connectivity index (χ2v) is 8.33. The molecule has 1 N–H and O–H groups in total. The standard InChI is InChI=1S/C20H21BrN4OS/c21-18-9-5-4-8-17(18)19-22-23-20(25(19)16-6-2-1-3-7-16)27-15-12-24-10-13-26-14-11-24/h1-9H,10-15H2/p+1. The van der Waals surface area contributed by atoms with Crippen LogP contribution in [0.3, 0.4) is 0 Å². The van der Waals surface area contributed by atoms with Gasteiger partial charge in [-0.3, -0.25) is 4.57 Å². The summed E-state index contributed by atoms with van der Waals surface area (Å²) in [4.78, 5) is 1.60. The van der Waals surface area contributed by atoms with Crippen LogP contribution in [0.2, 0.25) is 0 Å². The lowest BCUT2D eigenvalue weighted by Crippen LogP contribution is -3.14. The Morgan fingerprint density at radius 2 is 1.74 bits per heavy atom. The molecule has 7 heteroatoms. The zero-order valence-corrected chi connectivity index (χ0v) is 17.4. The minimum Gasteiger partial charge on any atom is -0.370 e. The number of hydrogen-bond acceptors (Lipinski definition) is 4. The Morgan fingerprint density at radius 3 is 2.52 bits per heavy atom. The Hall–Kier alpha value is -1.67. The molecule has 0 spiro atoms. The number of halogens is 1. The first kappa shape index (κ1) is 18.7. The Labute approximate surface area is 171 Å². The van der Waals surface area contributed by atoms with Gasteiger partial charge in [0.05, 0.1) is 25.5 Å². The maximum atomic E-state index is 5.45. The third-order valence-electron chi connectivity index (χ3n) is 4.65. The molecule has 0 radical (unpaired) electrons. The van der Waals surface area contributed by atoms with Crippen molar-refractivity contribution in [1.82, 2.24) is 14.8 Å². The molecule has 2 aromatic carbocycles. The minimum atomic E-state index is 0.856. The van der Waals surface area contributed by atoms with Crippen molar-refractivity contribution in [2.75, 3.05) is 38.6 Å². The van der Waals surface area contributed by atoms with E-state index in [0.29, 0.717) is 0 Å². The van der Waals surface area contributed by atoms with Gasteiger partial charge in [-0.15, -0.1) is 10.2 Å². The molecule has 0 amide bonds. The van der Waals surface area contributed by atoms with Gasteiger partial charge in [-0.05, 0) is 18.2 Å². The van der Waals surface area contributed by atoms with Crippen LogP contribution in [0.15, 0.2) is 64.2 Å². The summed E-state index contributed by atoms with van der Waals surface area (Å²) in [5, 5.41) is 9.97. The average molecular weight is 446 g/mol. The van der Waals surface area contributed by atoms with Crippen molar-refractivity contribution in [1.29, 1.82) is 0 Å². The number of hydrogen-bond donors (Lipinski definition) is 1. The number of thioether (sulfide) groups is 1. The molecule has 4 rings (SSSR count). The number of ether oxygens (including phenoxy) is 1. The van der Waals surface area contributed by atoms with Crippen LogP contribution >= 0.6 is 27.7 Å². The molecule has 1 aromatic heterocycles. The van der Waals surface area contributed by atoms with E-state index in [9.17, 15) is 0 Å². The molecule has 3 aromatic rings. The highest BCUT2D eigenvalue weighted by Crippen LogP contribution is 2.31. The van der Waals surface area contributed by atoms with Gasteiger partial charge in [0.25, 0.3) is 0 Å². The molecule has 1 saturated heterocycles. The summed E-state index contributed by atoms with van der Waals surface area (Å²) in [6, 6.07) is 18.5. The SMILES string of the molecule is Brc1ccccc1-c1nnc(SCC[NH+]2CCOCC2)n1-c1ccccc1. The second kappa shape index (κ2) is 9.01. The van der Waals surface area contributed by atoms with Crippen LogP contribution in [-0.4, -0.2) is 53.4 Å². The van der Waals surface area contributed by atoms with Gasteiger partial charge in [0.2, 0.25) is 0 Å². The highest BCUT2D eigenvalue weighted by atomic mass is 79.9. The van der Waals surface area contributed by atoms with Crippen LogP contribution in [0.1, 0.15) is 0 Å². The van der Waals surface area contributed by atoms with E-state index in [1.54, 1.807) is 16.7 Å². The number of nitrogens with zero attached hydrogens (tertiary/aromatic N) is 3. The van der Waals surface area contributed by atoms with Crippen LogP contribution in [-0.2, 0) is 4.74 Å². The van der Waals surface area contributed by atoms with Crippen LogP contribution in [0.5, 0.6) is 0 Å². The van der Waals surface area contributed by atoms with Crippen LogP contribution < -0.4 is 4.90 Å². The molecular weight excluding hydrogens is 424 g/mol. The van der Waals surface area contributed by atoms with Crippen molar-refractivity contribution in [3.8, 4) is 17.1 Å². The summed E-state index contributed by atoms with van der Waals surface area (Å²) >= 11 is 5.42. The van der Waals surface area contributed by atoms with Gasteiger partial charge in [-0.2, -0.15) is 0 Å². The quantitative estimate of drug-likeness (QED) is 0.592. The lowest BCUT2D eigenvalue weighted by atomic mass is 10.2. The van der Waals surface area contributed by atoms with E-state index in [1.807, 2.05) is 36.4 Å². The molecule has 1 fully saturated rings. The van der Waals surface area contributed by atoms with Gasteiger partial charge in [-0.1, -0.05) is 64.1 Å². The molecule has 0 saturated carbocycles. The number of morpholine rings is 1. The zero-order chi connectivity index (χ0) is 18.5. The predicted octanol–water partition coefficient (Wildman–Crippen LogP) is 2.70. The van der Waals surface area contributed by atoms with E-state index >= 15 is 0 Å². The van der Waals surface area contributed by atoms with Gasteiger partial charge in [-0.25, -0.2) is 0 Å². The van der Waals surface area contributed by atoms with Crippen molar-refractivity contribution < 1.29 is 9.64 Å². The van der Waals surface area contributed by atoms with Gasteiger partial charge in [0.15, 0.2) is 11.0 Å². The monoisotopic (exact) mass is 445 g/mol. The van der Waals surface area contributed by atoms with E-state index < -0.39 is 0 Å². The number of aromatic nitrogens is 3. The molecular formula is C20H22BrN4OS+. The highest BCUT2D eigenvalue weighted by molar-refractivity contribution is 9.10. The first-order chi connectivity index (χ1) is 13.3. The number of benzene rings is 2. The summed E-state index contributed by atoms with van der Waals surface area (Å²) in [6.45, 7) is 5.03. The summed E-state index contributed by atoms with van der Waals surface area (Å²) in [6.07, 6.45) is 0. The lowest BCUT2D eigenvalue weighted by Gasteiger charge is -2.23. The molecule has 0 atom stereocenters. The van der Waals surface area contributed by atoms with E-state index in [1.165, 1.54) is 0 Å². The Balaban J connectivity index is 1.60. The normalized spacial score (nSPS) is 15.1. The topological polar surface area (TPSA) is 44.4 Å². The van der Waals surface area contributed by atoms with Crippen LogP contribution in [0.4, 0.5) is 0 Å². The van der Waals surface area contributed by atoms with Gasteiger partial charge in [0, 0.05) is 15.7 Å². The number of nitrogens with one attached hydrogen (secondary N) is 1. The molecule has 0 aliphatic carbocycles. The largest absolute Gasteiger partial charge is 0.370 e. The van der Waals surface area contributed by atoms with E-state index in [2.05, 4.69) is 48.9 Å². The molecule has 2 heterocycles. The number of para-hydroxylation sites is 1. The van der Waals surface area contributed by atoms with Gasteiger partial charge < -0.3 is 9.64 Å². The Bertz CT molecular complexity index is 881. The second-order valence-electron chi connectivity index (χ2n) is 6.42. The minimum absolute atomic E-state index is 0.856. The van der Waals surface area contributed by atoms with Gasteiger partial charge in [0.1, 0.15) is 13.1 Å². The molecule has 5 nitrogen and oxygen atoms in total. The van der Waals surface area contributed by atoms with E-state index in [-0.39, 0.29) is 0 Å². The van der Waals surface area contributed by atoms with Gasteiger partial charge >= 0.3 is 0 Å². The van der Waals surface area contributed by atoms with Crippen molar-refractivity contribution in [3.05, 3.63) is 59.1 Å². The summed E-state index contributed by atoms with van der Waals surface area (Å²) in [7, 11) is 0. The maximum absolute atomic E-state index is 5.45. The fraction of sp³-hybridized carbons (Fsp3) is 0.300. The molecule has 27 heavy (non-hydrogen) atoms. The molecule has 1 aliphatic heterocycles. The van der Waals surface area contributed by atoms with Crippen LogP contribution in [0, 0.1) is 0 Å². The lowest BCUT2D eigenvalue weighted by molar-refractivity contribution is -0.905. The zero-order valence-electron chi connectivity index (χ0n) is 15.0. The van der Waals surface area contributed by atoms with Crippen molar-refractivity contribution >= 4 is 27.7 Å². The molecule has 0 unspecified atom stereocenters. The summed E-state index contributed by atoms with van der Waals surface area (Å²) in [5.41, 5.74) is 2.12. The average Bonchev–Trinajstić information content (AvgIpc) is 3.13. The number of rotatable bonds is 6. The fourth-order valence-electron chi connectivity index (χ4n) is 3.19. The van der Waals surface area contributed by atoms with Crippen molar-refractivity contribution in [2.24, 2.45) is 0 Å². The number of quaternary nitrogens is 1. The highest BCUT2D eigenvalue weighted by Gasteiger charge is 2.19. The molecule has 140 valence electrons. The maximum Gasteiger partial charge on any atom is 0.196 e. The van der Waals surface area contributed by atoms with Crippen molar-refractivity contribution in [3.63, 3.8) is 0 Å². The predicted molar refractivity (Wildman–Crippen MR) is 112 cm³/mol.